The Bertz CT molecular complexity index is 1520. The molecule has 4 rings (SSSR count). The van der Waals surface area contributed by atoms with E-state index >= 15 is 0 Å². The fraction of sp³-hybridized carbons (Fsp3) is 0.308. The number of halogens is 3. The Balaban J connectivity index is 1.69. The number of benzene rings is 2. The Morgan fingerprint density at radius 3 is 2.36 bits per heavy atom. The highest BCUT2D eigenvalue weighted by Gasteiger charge is 2.36. The summed E-state index contributed by atoms with van der Waals surface area (Å²) in [5, 5.41) is 0. The topological polar surface area (TPSA) is 99.9 Å². The minimum atomic E-state index is -4.73. The van der Waals surface area contributed by atoms with E-state index in [9.17, 15) is 31.2 Å². The maximum Gasteiger partial charge on any atom is 0.417 e. The fourth-order valence-corrected chi connectivity index (χ4v) is 5.50. The Kier molecular flexibility index (Phi) is 7.08. The lowest BCUT2D eigenvalue weighted by atomic mass is 9.82. The maximum absolute atomic E-state index is 13.9. The van der Waals surface area contributed by atoms with Crippen molar-refractivity contribution in [3.8, 4) is 0 Å². The van der Waals surface area contributed by atoms with Crippen molar-refractivity contribution in [3.05, 3.63) is 103 Å². The minimum absolute atomic E-state index is 0.0556. The lowest BCUT2D eigenvalue weighted by molar-refractivity contribution is -0.137. The molecule has 0 bridgehead atoms. The number of alkyl halides is 3. The summed E-state index contributed by atoms with van der Waals surface area (Å²) in [5.74, 6) is -0.551. The van der Waals surface area contributed by atoms with Gasteiger partial charge in [0.2, 0.25) is 0 Å². The van der Waals surface area contributed by atoms with Crippen molar-refractivity contribution in [1.29, 1.82) is 0 Å². The van der Waals surface area contributed by atoms with E-state index in [4.69, 9.17) is 0 Å². The van der Waals surface area contributed by atoms with Crippen LogP contribution in [-0.4, -0.2) is 24.1 Å². The predicted molar refractivity (Wildman–Crippen MR) is 131 cm³/mol. The molecular formula is C26H25F3N2O4S. The largest absolute Gasteiger partial charge is 0.417 e. The molecule has 0 saturated carbocycles. The van der Waals surface area contributed by atoms with Crippen molar-refractivity contribution in [2.24, 2.45) is 0 Å². The third-order valence-electron chi connectivity index (χ3n) is 6.50. The highest BCUT2D eigenvalue weighted by atomic mass is 32.2. The van der Waals surface area contributed by atoms with E-state index < -0.39 is 32.8 Å². The molecule has 10 heteroatoms. The van der Waals surface area contributed by atoms with Gasteiger partial charge in [-0.1, -0.05) is 49.4 Å². The molecule has 1 unspecified atom stereocenters. The lowest BCUT2D eigenvalue weighted by Crippen LogP contribution is -2.30. The second-order valence-electron chi connectivity index (χ2n) is 8.77. The molecule has 1 aromatic heterocycles. The molecule has 3 aromatic rings. The highest BCUT2D eigenvalue weighted by Crippen LogP contribution is 2.42. The summed E-state index contributed by atoms with van der Waals surface area (Å²) >= 11 is 0. The molecule has 0 amide bonds. The first-order chi connectivity index (χ1) is 17.0. The molecule has 1 aliphatic carbocycles. The van der Waals surface area contributed by atoms with Gasteiger partial charge in [-0.2, -0.15) is 13.2 Å². The number of rotatable bonds is 6. The molecule has 0 aliphatic heterocycles. The van der Waals surface area contributed by atoms with E-state index in [1.54, 1.807) is 6.08 Å². The molecule has 1 atom stereocenters. The van der Waals surface area contributed by atoms with Gasteiger partial charge in [0.25, 0.3) is 5.56 Å². The molecule has 6 nitrogen and oxygen atoms in total. The Morgan fingerprint density at radius 2 is 1.75 bits per heavy atom. The van der Waals surface area contributed by atoms with E-state index in [2.05, 4.69) is 9.97 Å². The molecule has 190 valence electrons. The first kappa shape index (κ1) is 25.7. The number of nitrogens with one attached hydrogen (secondary N) is 2. The molecule has 2 N–H and O–H groups in total. The van der Waals surface area contributed by atoms with Crippen LogP contribution in [0.15, 0.2) is 69.1 Å². The number of allylic oxidation sites excluding steroid dienone is 2. The first-order valence-electron chi connectivity index (χ1n) is 11.5. The van der Waals surface area contributed by atoms with Crippen molar-refractivity contribution in [3.63, 3.8) is 0 Å². The van der Waals surface area contributed by atoms with Crippen LogP contribution in [0, 0.1) is 0 Å². The van der Waals surface area contributed by atoms with Gasteiger partial charge >= 0.3 is 11.9 Å². The summed E-state index contributed by atoms with van der Waals surface area (Å²) in [7, 11) is -3.80. The Morgan fingerprint density at radius 1 is 1.03 bits per heavy atom. The van der Waals surface area contributed by atoms with Crippen LogP contribution in [-0.2, 0) is 22.4 Å². The summed E-state index contributed by atoms with van der Waals surface area (Å²) in [4.78, 5) is 29.3. The molecule has 0 radical (unpaired) electrons. The van der Waals surface area contributed by atoms with Crippen LogP contribution in [0.2, 0.25) is 0 Å². The third-order valence-corrected chi connectivity index (χ3v) is 8.23. The quantitative estimate of drug-likeness (QED) is 0.489. The molecule has 0 saturated heterocycles. The average Bonchev–Trinajstić information content (AvgIpc) is 2.85. The van der Waals surface area contributed by atoms with E-state index in [1.165, 1.54) is 19.1 Å². The molecular weight excluding hydrogens is 493 g/mol. The molecule has 0 spiro atoms. The zero-order chi connectivity index (χ0) is 26.1. The van der Waals surface area contributed by atoms with Gasteiger partial charge in [0, 0.05) is 23.6 Å². The molecule has 36 heavy (non-hydrogen) atoms. The van der Waals surface area contributed by atoms with Crippen LogP contribution in [0.5, 0.6) is 0 Å². The van der Waals surface area contributed by atoms with Crippen LogP contribution < -0.4 is 11.2 Å². The van der Waals surface area contributed by atoms with Crippen LogP contribution in [0.3, 0.4) is 0 Å². The lowest BCUT2D eigenvalue weighted by Gasteiger charge is -2.25. The van der Waals surface area contributed by atoms with Crippen LogP contribution in [0.4, 0.5) is 13.2 Å². The second kappa shape index (κ2) is 9.93. The minimum Gasteiger partial charge on any atom is -0.311 e. The predicted octanol–water partition coefficient (Wildman–Crippen LogP) is 4.82. The monoisotopic (exact) mass is 518 g/mol. The smallest absolute Gasteiger partial charge is 0.311 e. The number of hydrogen-bond acceptors (Lipinski definition) is 4. The number of H-pyrrole nitrogens is 2. The highest BCUT2D eigenvalue weighted by molar-refractivity contribution is 7.91. The van der Waals surface area contributed by atoms with Gasteiger partial charge in [0.15, 0.2) is 9.84 Å². The van der Waals surface area contributed by atoms with Gasteiger partial charge in [0.1, 0.15) is 0 Å². The SMILES string of the molecule is CCS(=O)(=O)c1ccc(C2=CCC(c3[nH]c(=O)[nH]c(=O)c3Cc3ccccc3)CC2)c(C(F)(F)F)c1. The maximum atomic E-state index is 13.9. The summed E-state index contributed by atoms with van der Waals surface area (Å²) in [6, 6.07) is 12.4. The van der Waals surface area contributed by atoms with Gasteiger partial charge in [-0.15, -0.1) is 0 Å². The van der Waals surface area contributed by atoms with Crippen LogP contribution in [0.25, 0.3) is 5.57 Å². The summed E-state index contributed by atoms with van der Waals surface area (Å²) in [6.45, 7) is 1.38. The zero-order valence-electron chi connectivity index (χ0n) is 19.5. The summed E-state index contributed by atoms with van der Waals surface area (Å²) in [6.07, 6.45) is -1.73. The van der Waals surface area contributed by atoms with Gasteiger partial charge in [-0.3, -0.25) is 9.78 Å². The number of sulfone groups is 1. The second-order valence-corrected chi connectivity index (χ2v) is 11.1. The molecule has 2 aromatic carbocycles. The Labute approximate surface area is 205 Å². The van der Waals surface area contributed by atoms with Gasteiger partial charge in [0.05, 0.1) is 16.2 Å². The van der Waals surface area contributed by atoms with Crippen molar-refractivity contribution < 1.29 is 21.6 Å². The number of aromatic amines is 2. The fourth-order valence-electron chi connectivity index (χ4n) is 4.59. The standard InChI is InChI=1S/C26H25F3N2O4S/c1-2-36(34,35)19-12-13-20(22(15-19)26(27,28)29)17-8-10-18(11-9-17)23-21(24(32)31-25(33)30-23)14-16-6-4-3-5-7-16/h3-8,12-13,15,18H,2,9-11,14H2,1H3,(H2,30,31,32,33). The van der Waals surface area contributed by atoms with Crippen LogP contribution in [0.1, 0.15) is 60.1 Å². The van der Waals surface area contributed by atoms with Gasteiger partial charge in [-0.25, -0.2) is 13.2 Å². The van der Waals surface area contributed by atoms with E-state index in [-0.39, 0.29) is 28.6 Å². The number of aromatic nitrogens is 2. The average molecular weight is 519 g/mol. The van der Waals surface area contributed by atoms with Gasteiger partial charge < -0.3 is 4.98 Å². The van der Waals surface area contributed by atoms with E-state index in [1.807, 2.05) is 30.3 Å². The summed E-state index contributed by atoms with van der Waals surface area (Å²) in [5.41, 5.74) is 0.0938. The van der Waals surface area contributed by atoms with Crippen molar-refractivity contribution in [2.75, 3.05) is 5.75 Å². The van der Waals surface area contributed by atoms with Gasteiger partial charge in [-0.05, 0) is 48.1 Å². The third kappa shape index (κ3) is 5.38. The summed E-state index contributed by atoms with van der Waals surface area (Å²) < 4.78 is 65.9. The van der Waals surface area contributed by atoms with Crippen molar-refractivity contribution >= 4 is 15.4 Å². The van der Waals surface area contributed by atoms with E-state index in [0.29, 0.717) is 42.2 Å². The molecule has 0 fully saturated rings. The normalized spacial score (nSPS) is 16.6. The number of hydrogen-bond donors (Lipinski definition) is 2. The molecule has 1 aliphatic rings. The van der Waals surface area contributed by atoms with Crippen molar-refractivity contribution in [2.45, 2.75) is 49.6 Å². The first-order valence-corrected chi connectivity index (χ1v) is 13.2. The Hall–Kier alpha value is -3.40. The van der Waals surface area contributed by atoms with E-state index in [0.717, 1.165) is 5.56 Å². The van der Waals surface area contributed by atoms with Crippen LogP contribution >= 0.6 is 0 Å². The zero-order valence-corrected chi connectivity index (χ0v) is 20.3. The van der Waals surface area contributed by atoms with Crippen molar-refractivity contribution in [1.82, 2.24) is 9.97 Å². The molecule has 1 heterocycles.